The fraction of sp³-hybridized carbons (Fsp3) is 0.350. The van der Waals surface area contributed by atoms with Crippen LogP contribution in [0.4, 0.5) is 0 Å². The minimum absolute atomic E-state index is 0.0395. The van der Waals surface area contributed by atoms with Crippen LogP contribution >= 0.6 is 0 Å². The summed E-state index contributed by atoms with van der Waals surface area (Å²) in [7, 11) is -1.98. The largest absolute Gasteiger partial charge is 0.350 e. The number of hydrogen-bond donors (Lipinski definition) is 0. The molecule has 0 spiro atoms. The molecule has 1 saturated heterocycles. The van der Waals surface area contributed by atoms with E-state index in [1.165, 1.54) is 45.9 Å². The van der Waals surface area contributed by atoms with Crippen molar-refractivity contribution in [2.75, 3.05) is 13.1 Å². The van der Waals surface area contributed by atoms with E-state index in [0.29, 0.717) is 18.6 Å². The summed E-state index contributed by atoms with van der Waals surface area (Å²) in [6, 6.07) is 4.54. The Hall–Kier alpha value is -2.78. The van der Waals surface area contributed by atoms with Crippen LogP contribution < -0.4 is 5.43 Å². The van der Waals surface area contributed by atoms with E-state index in [-0.39, 0.29) is 15.8 Å². The summed E-state index contributed by atoms with van der Waals surface area (Å²) in [5.41, 5.74) is 0.0269. The van der Waals surface area contributed by atoms with Gasteiger partial charge in [0.05, 0.1) is 10.4 Å². The quantitative estimate of drug-likeness (QED) is 0.653. The van der Waals surface area contributed by atoms with E-state index in [1.807, 2.05) is 0 Å². The highest BCUT2D eigenvalue weighted by atomic mass is 32.2. The second kappa shape index (κ2) is 7.57. The molecule has 0 amide bonds. The van der Waals surface area contributed by atoms with Crippen molar-refractivity contribution in [1.29, 1.82) is 0 Å². The summed E-state index contributed by atoms with van der Waals surface area (Å²) in [5.74, 6) is -0.509. The lowest BCUT2D eigenvalue weighted by Crippen LogP contribution is -2.32. The predicted octanol–water partition coefficient (Wildman–Crippen LogP) is 1.99. The van der Waals surface area contributed by atoms with Crippen LogP contribution in [0.15, 0.2) is 52.8 Å². The minimum Gasteiger partial charge on any atom is -0.350 e. The molecule has 152 valence electrons. The molecule has 4 rings (SSSR count). The van der Waals surface area contributed by atoms with Crippen LogP contribution in [-0.4, -0.2) is 45.8 Å². The Morgan fingerprint density at radius 3 is 2.48 bits per heavy atom. The van der Waals surface area contributed by atoms with Crippen LogP contribution in [0.5, 0.6) is 0 Å². The van der Waals surface area contributed by atoms with Gasteiger partial charge in [0.1, 0.15) is 11.9 Å². The molecule has 0 saturated carbocycles. The van der Waals surface area contributed by atoms with Crippen molar-refractivity contribution in [3.8, 4) is 0 Å². The monoisotopic (exact) mass is 414 g/mol. The third-order valence-electron chi connectivity index (χ3n) is 5.33. The average molecular weight is 414 g/mol. The summed E-state index contributed by atoms with van der Waals surface area (Å²) in [4.78, 5) is 29.6. The maximum Gasteiger partial charge on any atom is 0.268 e. The zero-order chi connectivity index (χ0) is 20.6. The number of pyridine rings is 1. The number of fused-ring (bicyclic) bond motifs is 1. The van der Waals surface area contributed by atoms with Gasteiger partial charge in [-0.3, -0.25) is 14.2 Å². The normalized spacial score (nSPS) is 16.0. The lowest BCUT2D eigenvalue weighted by atomic mass is 10.1. The number of rotatable bonds is 3. The van der Waals surface area contributed by atoms with Crippen molar-refractivity contribution in [3.05, 3.63) is 58.9 Å². The molecular formula is C20H22N4O4S. The number of sulfonamides is 1. The Kier molecular flexibility index (Phi) is 5.10. The molecule has 8 nitrogen and oxygen atoms in total. The molecular weight excluding hydrogens is 392 g/mol. The van der Waals surface area contributed by atoms with Crippen molar-refractivity contribution < 1.29 is 13.2 Å². The smallest absolute Gasteiger partial charge is 0.268 e. The van der Waals surface area contributed by atoms with Crippen molar-refractivity contribution >= 4 is 26.8 Å². The number of carbonyl (C=O) groups is 1. The van der Waals surface area contributed by atoms with Crippen LogP contribution in [0.1, 0.15) is 36.0 Å². The topological polar surface area (TPSA) is 94.3 Å². The van der Waals surface area contributed by atoms with E-state index in [4.69, 9.17) is 0 Å². The number of aromatic nitrogens is 3. The van der Waals surface area contributed by atoms with Gasteiger partial charge in [-0.2, -0.15) is 4.31 Å². The number of carbonyl (C=O) groups excluding carboxylic acids is 1. The molecule has 0 atom stereocenters. The summed E-state index contributed by atoms with van der Waals surface area (Å²) >= 11 is 0. The van der Waals surface area contributed by atoms with Crippen LogP contribution in [0, 0.1) is 0 Å². The molecule has 0 radical (unpaired) electrons. The van der Waals surface area contributed by atoms with Crippen molar-refractivity contribution in [3.63, 3.8) is 0 Å². The average Bonchev–Trinajstić information content (AvgIpc) is 3.11. The molecule has 0 unspecified atom stereocenters. The predicted molar refractivity (Wildman–Crippen MR) is 108 cm³/mol. The van der Waals surface area contributed by atoms with Crippen LogP contribution in [0.2, 0.25) is 0 Å². The molecule has 3 heterocycles. The Labute approximate surface area is 168 Å². The molecule has 1 fully saturated rings. The Balaban J connectivity index is 1.84. The summed E-state index contributed by atoms with van der Waals surface area (Å²) in [6.07, 6.45) is 9.41. The van der Waals surface area contributed by atoms with Crippen LogP contribution in [-0.2, 0) is 17.1 Å². The van der Waals surface area contributed by atoms with Crippen molar-refractivity contribution in [1.82, 2.24) is 18.4 Å². The van der Waals surface area contributed by atoms with Gasteiger partial charge in [0, 0.05) is 44.1 Å². The van der Waals surface area contributed by atoms with Gasteiger partial charge < -0.3 is 4.57 Å². The zero-order valence-electron chi connectivity index (χ0n) is 16.1. The van der Waals surface area contributed by atoms with Gasteiger partial charge in [-0.1, -0.05) is 12.8 Å². The van der Waals surface area contributed by atoms with Crippen LogP contribution in [0.3, 0.4) is 0 Å². The molecule has 0 aliphatic carbocycles. The Bertz CT molecular complexity index is 1220. The maximum atomic E-state index is 13.1. The summed E-state index contributed by atoms with van der Waals surface area (Å²) < 4.78 is 30.6. The Morgan fingerprint density at radius 1 is 1.10 bits per heavy atom. The van der Waals surface area contributed by atoms with Crippen molar-refractivity contribution in [2.45, 2.75) is 30.6 Å². The van der Waals surface area contributed by atoms with Gasteiger partial charge in [-0.15, -0.1) is 0 Å². The van der Waals surface area contributed by atoms with E-state index in [2.05, 4.69) is 4.98 Å². The number of nitrogens with zero attached hydrogens (tertiary/aromatic N) is 4. The molecule has 0 N–H and O–H groups in total. The standard InChI is InChI=1S/C20H22N4O4S/c1-22-13-17(20(26)23-11-8-21-14-23)19(25)16-12-15(6-7-18(16)22)29(27,28)24-9-4-2-3-5-10-24/h6-8,11-14H,2-5,9-10H2,1H3. The van der Waals surface area contributed by atoms with Gasteiger partial charge in [0.25, 0.3) is 5.91 Å². The first-order valence-corrected chi connectivity index (χ1v) is 11.0. The lowest BCUT2D eigenvalue weighted by Gasteiger charge is -2.20. The molecule has 2 aromatic heterocycles. The first kappa shape index (κ1) is 19.5. The summed E-state index contributed by atoms with van der Waals surface area (Å²) in [5, 5.41) is 0.203. The molecule has 9 heteroatoms. The highest BCUT2D eigenvalue weighted by molar-refractivity contribution is 7.89. The number of imidazole rings is 1. The second-order valence-corrected chi connectivity index (χ2v) is 9.19. The minimum atomic E-state index is -3.70. The zero-order valence-corrected chi connectivity index (χ0v) is 16.9. The third kappa shape index (κ3) is 3.51. The molecule has 1 aromatic carbocycles. The number of benzene rings is 1. The first-order chi connectivity index (χ1) is 13.9. The maximum absolute atomic E-state index is 13.1. The van der Waals surface area contributed by atoms with E-state index in [1.54, 1.807) is 17.7 Å². The van der Waals surface area contributed by atoms with Gasteiger partial charge in [-0.25, -0.2) is 13.4 Å². The highest BCUT2D eigenvalue weighted by Gasteiger charge is 2.26. The molecule has 1 aliphatic rings. The molecule has 29 heavy (non-hydrogen) atoms. The lowest BCUT2D eigenvalue weighted by molar-refractivity contribution is 0.0958. The van der Waals surface area contributed by atoms with E-state index >= 15 is 0 Å². The second-order valence-electron chi connectivity index (χ2n) is 7.26. The first-order valence-electron chi connectivity index (χ1n) is 9.56. The molecule has 0 bridgehead atoms. The van der Waals surface area contributed by atoms with E-state index in [9.17, 15) is 18.0 Å². The van der Waals surface area contributed by atoms with E-state index < -0.39 is 21.4 Å². The third-order valence-corrected chi connectivity index (χ3v) is 7.23. The number of aryl methyl sites for hydroxylation is 1. The van der Waals surface area contributed by atoms with Crippen LogP contribution in [0.25, 0.3) is 10.9 Å². The fourth-order valence-corrected chi connectivity index (χ4v) is 5.28. The molecule has 3 aromatic rings. The number of hydrogen-bond acceptors (Lipinski definition) is 5. The van der Waals surface area contributed by atoms with Crippen molar-refractivity contribution in [2.24, 2.45) is 7.05 Å². The fourth-order valence-electron chi connectivity index (χ4n) is 3.73. The SMILES string of the molecule is Cn1cc(C(=O)n2ccnc2)c(=O)c2cc(S(=O)(=O)N3CCCCCC3)ccc21. The van der Waals surface area contributed by atoms with Gasteiger partial charge >= 0.3 is 0 Å². The van der Waals surface area contributed by atoms with E-state index in [0.717, 1.165) is 25.7 Å². The molecule has 1 aliphatic heterocycles. The highest BCUT2D eigenvalue weighted by Crippen LogP contribution is 2.23. The van der Waals surface area contributed by atoms with Gasteiger partial charge in [-0.05, 0) is 31.0 Å². The summed E-state index contributed by atoms with van der Waals surface area (Å²) in [6.45, 7) is 0.967. The van der Waals surface area contributed by atoms with Gasteiger partial charge in [0.2, 0.25) is 15.5 Å². The Morgan fingerprint density at radius 2 is 1.83 bits per heavy atom. The van der Waals surface area contributed by atoms with Gasteiger partial charge in [0.15, 0.2) is 0 Å².